The van der Waals surface area contributed by atoms with Gasteiger partial charge in [-0.05, 0) is 42.9 Å². The lowest BCUT2D eigenvalue weighted by Crippen LogP contribution is -2.40. The van der Waals surface area contributed by atoms with Gasteiger partial charge in [-0.25, -0.2) is 0 Å². The Bertz CT molecular complexity index is 681. The summed E-state index contributed by atoms with van der Waals surface area (Å²) in [5, 5.41) is 3.20. The third-order valence-corrected chi connectivity index (χ3v) is 5.14. The fourth-order valence-corrected chi connectivity index (χ4v) is 3.69. The molecule has 1 saturated carbocycles. The van der Waals surface area contributed by atoms with Crippen LogP contribution in [0.15, 0.2) is 60.7 Å². The summed E-state index contributed by atoms with van der Waals surface area (Å²) in [6, 6.07) is 21.1. The third-order valence-electron chi connectivity index (χ3n) is 5.14. The first-order chi connectivity index (χ1) is 11.8. The first kappa shape index (κ1) is 15.4. The highest BCUT2D eigenvalue weighted by Crippen LogP contribution is 2.33. The maximum atomic E-state index is 12.9. The van der Waals surface area contributed by atoms with Crippen LogP contribution >= 0.6 is 0 Å². The average molecular weight is 320 g/mol. The number of hydrogen-bond donors (Lipinski definition) is 1. The van der Waals surface area contributed by atoms with Crippen molar-refractivity contribution in [3.63, 3.8) is 0 Å². The Labute approximate surface area is 143 Å². The molecule has 124 valence electrons. The second-order valence-corrected chi connectivity index (χ2v) is 6.99. The minimum Gasteiger partial charge on any atom is -0.352 e. The summed E-state index contributed by atoms with van der Waals surface area (Å²) in [5.41, 5.74) is 2.48. The fraction of sp³-hybridized carbons (Fsp3) is 0.381. The predicted octanol–water partition coefficient (Wildman–Crippen LogP) is 3.50. The van der Waals surface area contributed by atoms with Gasteiger partial charge in [-0.15, -0.1) is 0 Å². The Morgan fingerprint density at radius 2 is 1.62 bits per heavy atom. The van der Waals surface area contributed by atoms with Gasteiger partial charge in [-0.2, -0.15) is 0 Å². The van der Waals surface area contributed by atoms with Crippen molar-refractivity contribution in [3.8, 4) is 0 Å². The lowest BCUT2D eigenvalue weighted by Gasteiger charge is -2.27. The van der Waals surface area contributed by atoms with Crippen molar-refractivity contribution in [2.75, 3.05) is 13.1 Å². The highest BCUT2D eigenvalue weighted by molar-refractivity contribution is 5.83. The maximum absolute atomic E-state index is 12.9. The molecule has 1 saturated heterocycles. The van der Waals surface area contributed by atoms with Gasteiger partial charge in [-0.3, -0.25) is 9.69 Å². The number of nitrogens with zero attached hydrogens (tertiary/aromatic N) is 1. The molecule has 2 atom stereocenters. The highest BCUT2D eigenvalue weighted by atomic mass is 16.2. The molecule has 4 rings (SSSR count). The number of amides is 1. The van der Waals surface area contributed by atoms with Crippen LogP contribution in [0.1, 0.15) is 42.3 Å². The van der Waals surface area contributed by atoms with E-state index in [1.165, 1.54) is 5.56 Å². The smallest absolute Gasteiger partial charge is 0.242 e. The standard InChI is InChI=1S/C21H24N2O/c24-21(22-19-11-12-19)20(17-9-5-2-6-10-17)23-14-13-18(15-23)16-7-3-1-4-8-16/h1-10,18-20H,11-15H2,(H,22,24)/t18-,20-/m0/s1. The van der Waals surface area contributed by atoms with Gasteiger partial charge in [-0.1, -0.05) is 60.7 Å². The van der Waals surface area contributed by atoms with Crippen molar-refractivity contribution in [2.45, 2.75) is 37.3 Å². The zero-order valence-electron chi connectivity index (χ0n) is 13.9. The minimum atomic E-state index is -0.166. The number of carbonyl (C=O) groups is 1. The van der Waals surface area contributed by atoms with Crippen molar-refractivity contribution in [3.05, 3.63) is 71.8 Å². The van der Waals surface area contributed by atoms with Crippen LogP contribution in [0.5, 0.6) is 0 Å². The maximum Gasteiger partial charge on any atom is 0.242 e. The van der Waals surface area contributed by atoms with Gasteiger partial charge in [0.15, 0.2) is 0 Å². The fourth-order valence-electron chi connectivity index (χ4n) is 3.69. The van der Waals surface area contributed by atoms with Crippen LogP contribution in [-0.2, 0) is 4.79 Å². The Morgan fingerprint density at radius 3 is 2.29 bits per heavy atom. The molecule has 0 bridgehead atoms. The molecule has 0 unspecified atom stereocenters. The molecule has 1 aliphatic heterocycles. The Kier molecular flexibility index (Phi) is 4.35. The molecule has 3 heteroatoms. The quantitative estimate of drug-likeness (QED) is 0.914. The SMILES string of the molecule is O=C(NC1CC1)[C@H](c1ccccc1)N1CC[C@H](c2ccccc2)C1. The summed E-state index contributed by atoms with van der Waals surface area (Å²) in [7, 11) is 0. The Morgan fingerprint density at radius 1 is 0.958 bits per heavy atom. The number of hydrogen-bond acceptors (Lipinski definition) is 2. The Balaban J connectivity index is 1.54. The highest BCUT2D eigenvalue weighted by Gasteiger charge is 2.36. The molecule has 1 aliphatic carbocycles. The largest absolute Gasteiger partial charge is 0.352 e. The van der Waals surface area contributed by atoms with Gasteiger partial charge in [0.2, 0.25) is 5.91 Å². The first-order valence-corrected chi connectivity index (χ1v) is 8.95. The van der Waals surface area contributed by atoms with E-state index in [4.69, 9.17) is 0 Å². The average Bonchev–Trinajstić information content (AvgIpc) is 3.31. The van der Waals surface area contributed by atoms with Gasteiger partial charge in [0.25, 0.3) is 0 Å². The summed E-state index contributed by atoms with van der Waals surface area (Å²) in [6.07, 6.45) is 3.36. The molecular weight excluding hydrogens is 296 g/mol. The molecule has 0 radical (unpaired) electrons. The lowest BCUT2D eigenvalue weighted by atomic mass is 9.98. The van der Waals surface area contributed by atoms with E-state index >= 15 is 0 Å². The number of nitrogens with one attached hydrogen (secondary N) is 1. The summed E-state index contributed by atoms with van der Waals surface area (Å²) in [4.78, 5) is 15.2. The molecule has 1 heterocycles. The van der Waals surface area contributed by atoms with E-state index in [-0.39, 0.29) is 11.9 Å². The molecule has 24 heavy (non-hydrogen) atoms. The molecule has 0 aromatic heterocycles. The van der Waals surface area contributed by atoms with Crippen LogP contribution < -0.4 is 5.32 Å². The van der Waals surface area contributed by atoms with E-state index in [9.17, 15) is 4.79 Å². The third kappa shape index (κ3) is 3.36. The molecule has 2 aromatic carbocycles. The van der Waals surface area contributed by atoms with Crippen molar-refractivity contribution < 1.29 is 4.79 Å². The predicted molar refractivity (Wildman–Crippen MR) is 95.7 cm³/mol. The number of rotatable bonds is 5. The molecule has 0 spiro atoms. The van der Waals surface area contributed by atoms with Gasteiger partial charge in [0, 0.05) is 12.6 Å². The molecule has 1 amide bonds. The van der Waals surface area contributed by atoms with E-state index in [0.29, 0.717) is 12.0 Å². The molecule has 2 fully saturated rings. The van der Waals surface area contributed by atoms with Crippen molar-refractivity contribution in [1.29, 1.82) is 0 Å². The molecule has 1 N–H and O–H groups in total. The van der Waals surface area contributed by atoms with Crippen LogP contribution in [0.3, 0.4) is 0 Å². The van der Waals surface area contributed by atoms with E-state index in [1.807, 2.05) is 18.2 Å². The second-order valence-electron chi connectivity index (χ2n) is 6.99. The zero-order chi connectivity index (χ0) is 16.4. The molecular formula is C21H24N2O. The summed E-state index contributed by atoms with van der Waals surface area (Å²) in [6.45, 7) is 1.92. The van der Waals surface area contributed by atoms with Crippen LogP contribution in [-0.4, -0.2) is 29.9 Å². The molecule has 2 aliphatic rings. The van der Waals surface area contributed by atoms with E-state index in [2.05, 4.69) is 52.7 Å². The van der Waals surface area contributed by atoms with Crippen LogP contribution in [0.25, 0.3) is 0 Å². The molecule has 2 aromatic rings. The Hall–Kier alpha value is -2.13. The topological polar surface area (TPSA) is 32.3 Å². The van der Waals surface area contributed by atoms with Crippen molar-refractivity contribution >= 4 is 5.91 Å². The monoisotopic (exact) mass is 320 g/mol. The normalized spacial score (nSPS) is 22.2. The number of likely N-dealkylation sites (tertiary alicyclic amines) is 1. The van der Waals surface area contributed by atoms with E-state index in [0.717, 1.165) is 37.9 Å². The van der Waals surface area contributed by atoms with Gasteiger partial charge < -0.3 is 5.32 Å². The van der Waals surface area contributed by atoms with Crippen molar-refractivity contribution in [2.24, 2.45) is 0 Å². The summed E-state index contributed by atoms with van der Waals surface area (Å²) >= 11 is 0. The lowest BCUT2D eigenvalue weighted by molar-refractivity contribution is -0.126. The zero-order valence-corrected chi connectivity index (χ0v) is 13.9. The summed E-state index contributed by atoms with van der Waals surface area (Å²) < 4.78 is 0. The molecule has 3 nitrogen and oxygen atoms in total. The van der Waals surface area contributed by atoms with Crippen LogP contribution in [0, 0.1) is 0 Å². The van der Waals surface area contributed by atoms with E-state index in [1.54, 1.807) is 0 Å². The van der Waals surface area contributed by atoms with E-state index < -0.39 is 0 Å². The minimum absolute atomic E-state index is 0.164. The van der Waals surface area contributed by atoms with Gasteiger partial charge in [0.05, 0.1) is 0 Å². The van der Waals surface area contributed by atoms with Crippen LogP contribution in [0.4, 0.5) is 0 Å². The number of benzene rings is 2. The summed E-state index contributed by atoms with van der Waals surface area (Å²) in [5.74, 6) is 0.684. The van der Waals surface area contributed by atoms with Gasteiger partial charge >= 0.3 is 0 Å². The first-order valence-electron chi connectivity index (χ1n) is 8.95. The van der Waals surface area contributed by atoms with Crippen LogP contribution in [0.2, 0.25) is 0 Å². The van der Waals surface area contributed by atoms with Crippen molar-refractivity contribution in [1.82, 2.24) is 10.2 Å². The van der Waals surface area contributed by atoms with Gasteiger partial charge in [0.1, 0.15) is 6.04 Å². The second kappa shape index (κ2) is 6.78. The number of carbonyl (C=O) groups excluding carboxylic acids is 1.